The molecule has 148 valence electrons. The Labute approximate surface area is 170 Å². The SMILES string of the molecule is C=CCN1C(=O)C(c2ccc(C)cc2)=C(N2CCN(c3ccccn3)CC2)C1=O. The third-order valence-corrected chi connectivity index (χ3v) is 5.36. The van der Waals surface area contributed by atoms with E-state index in [-0.39, 0.29) is 18.4 Å². The zero-order valence-electron chi connectivity index (χ0n) is 16.5. The second-order valence-electron chi connectivity index (χ2n) is 7.26. The summed E-state index contributed by atoms with van der Waals surface area (Å²) < 4.78 is 0. The van der Waals surface area contributed by atoms with Crippen LogP contribution in [-0.4, -0.2) is 59.3 Å². The average Bonchev–Trinajstić information content (AvgIpc) is 3.00. The van der Waals surface area contributed by atoms with Crippen LogP contribution in [0.2, 0.25) is 0 Å². The first-order valence-electron chi connectivity index (χ1n) is 9.79. The molecule has 0 radical (unpaired) electrons. The van der Waals surface area contributed by atoms with Gasteiger partial charge in [-0.15, -0.1) is 6.58 Å². The highest BCUT2D eigenvalue weighted by Crippen LogP contribution is 2.32. The van der Waals surface area contributed by atoms with Gasteiger partial charge in [-0.1, -0.05) is 42.0 Å². The maximum absolute atomic E-state index is 13.1. The Morgan fingerprint density at radius 2 is 1.66 bits per heavy atom. The van der Waals surface area contributed by atoms with Gasteiger partial charge in [-0.05, 0) is 24.6 Å². The molecule has 0 atom stereocenters. The van der Waals surface area contributed by atoms with Crippen molar-refractivity contribution in [2.75, 3.05) is 37.6 Å². The number of anilines is 1. The van der Waals surface area contributed by atoms with E-state index in [0.29, 0.717) is 24.4 Å². The molecule has 2 amide bonds. The largest absolute Gasteiger partial charge is 0.363 e. The van der Waals surface area contributed by atoms with Crippen LogP contribution in [0.25, 0.3) is 5.57 Å². The smallest absolute Gasteiger partial charge is 0.278 e. The molecule has 6 nitrogen and oxygen atoms in total. The molecule has 1 fully saturated rings. The van der Waals surface area contributed by atoms with Crippen LogP contribution in [0.4, 0.5) is 5.82 Å². The summed E-state index contributed by atoms with van der Waals surface area (Å²) in [6.07, 6.45) is 3.37. The van der Waals surface area contributed by atoms with Crippen LogP contribution in [0.1, 0.15) is 11.1 Å². The van der Waals surface area contributed by atoms with Gasteiger partial charge in [0.25, 0.3) is 11.8 Å². The minimum absolute atomic E-state index is 0.213. The summed E-state index contributed by atoms with van der Waals surface area (Å²) in [5.74, 6) is 0.444. The Kier molecular flexibility index (Phi) is 5.16. The lowest BCUT2D eigenvalue weighted by molar-refractivity contribution is -0.136. The second kappa shape index (κ2) is 7.91. The maximum atomic E-state index is 13.1. The number of benzene rings is 1. The topological polar surface area (TPSA) is 56.8 Å². The fourth-order valence-electron chi connectivity index (χ4n) is 3.83. The number of carbonyl (C=O) groups excluding carboxylic acids is 2. The third kappa shape index (κ3) is 3.53. The summed E-state index contributed by atoms with van der Waals surface area (Å²) >= 11 is 0. The Morgan fingerprint density at radius 1 is 0.966 bits per heavy atom. The molecule has 1 saturated heterocycles. The highest BCUT2D eigenvalue weighted by atomic mass is 16.2. The molecule has 4 rings (SSSR count). The predicted molar refractivity (Wildman–Crippen MR) is 113 cm³/mol. The number of hydrogen-bond donors (Lipinski definition) is 0. The van der Waals surface area contributed by atoms with E-state index in [1.54, 1.807) is 12.3 Å². The van der Waals surface area contributed by atoms with E-state index in [2.05, 4.69) is 16.5 Å². The van der Waals surface area contributed by atoms with E-state index < -0.39 is 0 Å². The number of piperazine rings is 1. The normalized spacial score (nSPS) is 17.3. The summed E-state index contributed by atoms with van der Waals surface area (Å²) in [4.78, 5) is 36.2. The molecular weight excluding hydrogens is 364 g/mol. The van der Waals surface area contributed by atoms with Crippen molar-refractivity contribution < 1.29 is 9.59 Å². The van der Waals surface area contributed by atoms with Gasteiger partial charge in [-0.3, -0.25) is 14.5 Å². The first kappa shape index (κ1) is 18.9. The number of rotatable bonds is 5. The summed E-state index contributed by atoms with van der Waals surface area (Å²) in [6, 6.07) is 13.6. The van der Waals surface area contributed by atoms with Crippen molar-refractivity contribution in [3.05, 3.63) is 78.1 Å². The summed E-state index contributed by atoms with van der Waals surface area (Å²) in [5.41, 5.74) is 2.88. The van der Waals surface area contributed by atoms with Crippen LogP contribution in [-0.2, 0) is 9.59 Å². The lowest BCUT2D eigenvalue weighted by atomic mass is 10.0. The zero-order valence-corrected chi connectivity index (χ0v) is 16.5. The monoisotopic (exact) mass is 388 g/mol. The molecule has 0 saturated carbocycles. The molecule has 1 aromatic carbocycles. The van der Waals surface area contributed by atoms with Crippen LogP contribution in [0.5, 0.6) is 0 Å². The Bertz CT molecular complexity index is 958. The fraction of sp³-hybridized carbons (Fsp3) is 0.261. The van der Waals surface area contributed by atoms with Crippen molar-refractivity contribution in [2.24, 2.45) is 0 Å². The number of amides is 2. The van der Waals surface area contributed by atoms with Crippen molar-refractivity contribution in [3.8, 4) is 0 Å². The number of hydrogen-bond acceptors (Lipinski definition) is 5. The van der Waals surface area contributed by atoms with Gasteiger partial charge in [0.15, 0.2) is 0 Å². The Morgan fingerprint density at radius 3 is 2.28 bits per heavy atom. The average molecular weight is 388 g/mol. The molecule has 6 heteroatoms. The molecule has 0 spiro atoms. The zero-order chi connectivity index (χ0) is 20.4. The van der Waals surface area contributed by atoms with E-state index in [1.165, 1.54) is 4.90 Å². The molecule has 2 aromatic rings. The molecule has 0 unspecified atom stereocenters. The number of aromatic nitrogens is 1. The summed E-state index contributed by atoms with van der Waals surface area (Å²) in [7, 11) is 0. The van der Waals surface area contributed by atoms with Crippen molar-refractivity contribution in [3.63, 3.8) is 0 Å². The van der Waals surface area contributed by atoms with Gasteiger partial charge in [0.05, 0.1) is 5.57 Å². The molecule has 2 aliphatic heterocycles. The second-order valence-corrected chi connectivity index (χ2v) is 7.26. The molecule has 2 aliphatic rings. The quantitative estimate of drug-likeness (QED) is 0.582. The Hall–Kier alpha value is -3.41. The maximum Gasteiger partial charge on any atom is 0.278 e. The lowest BCUT2D eigenvalue weighted by Crippen LogP contribution is -2.47. The van der Waals surface area contributed by atoms with Gasteiger partial charge in [0, 0.05) is 38.9 Å². The fourth-order valence-corrected chi connectivity index (χ4v) is 3.83. The van der Waals surface area contributed by atoms with Crippen LogP contribution in [0, 0.1) is 6.92 Å². The van der Waals surface area contributed by atoms with Crippen molar-refractivity contribution in [1.82, 2.24) is 14.8 Å². The van der Waals surface area contributed by atoms with Crippen molar-refractivity contribution in [1.29, 1.82) is 0 Å². The van der Waals surface area contributed by atoms with Crippen LogP contribution in [0.15, 0.2) is 67.0 Å². The predicted octanol–water partition coefficient (Wildman–Crippen LogP) is 2.48. The minimum atomic E-state index is -0.249. The number of nitrogens with zero attached hydrogens (tertiary/aromatic N) is 4. The van der Waals surface area contributed by atoms with Crippen LogP contribution in [0.3, 0.4) is 0 Å². The van der Waals surface area contributed by atoms with E-state index in [1.807, 2.05) is 54.3 Å². The van der Waals surface area contributed by atoms with Gasteiger partial charge in [-0.2, -0.15) is 0 Å². The van der Waals surface area contributed by atoms with Gasteiger partial charge in [0.2, 0.25) is 0 Å². The molecule has 3 heterocycles. The van der Waals surface area contributed by atoms with Crippen molar-refractivity contribution >= 4 is 23.2 Å². The van der Waals surface area contributed by atoms with Gasteiger partial charge in [0.1, 0.15) is 11.5 Å². The van der Waals surface area contributed by atoms with E-state index in [4.69, 9.17) is 0 Å². The van der Waals surface area contributed by atoms with E-state index >= 15 is 0 Å². The van der Waals surface area contributed by atoms with Crippen molar-refractivity contribution in [2.45, 2.75) is 6.92 Å². The molecule has 0 aliphatic carbocycles. The molecule has 1 aromatic heterocycles. The first-order valence-corrected chi connectivity index (χ1v) is 9.79. The number of aryl methyl sites for hydroxylation is 1. The molecule has 0 bridgehead atoms. The highest BCUT2D eigenvalue weighted by molar-refractivity contribution is 6.35. The van der Waals surface area contributed by atoms with Crippen LogP contribution < -0.4 is 4.90 Å². The highest BCUT2D eigenvalue weighted by Gasteiger charge is 2.41. The third-order valence-electron chi connectivity index (χ3n) is 5.36. The number of carbonyl (C=O) groups is 2. The summed E-state index contributed by atoms with van der Waals surface area (Å²) in [5, 5.41) is 0. The standard InChI is InChI=1S/C23H24N4O2/c1-3-12-27-22(28)20(18-9-7-17(2)8-10-18)21(23(27)29)26-15-13-25(14-16-26)19-6-4-5-11-24-19/h3-11H,1,12-16H2,2H3. The summed E-state index contributed by atoms with van der Waals surface area (Å²) in [6.45, 7) is 8.70. The van der Waals surface area contributed by atoms with Gasteiger partial charge >= 0.3 is 0 Å². The van der Waals surface area contributed by atoms with Crippen LogP contribution >= 0.6 is 0 Å². The lowest BCUT2D eigenvalue weighted by Gasteiger charge is -2.37. The Balaban J connectivity index is 1.64. The minimum Gasteiger partial charge on any atom is -0.363 e. The molecular formula is C23H24N4O2. The van der Waals surface area contributed by atoms with E-state index in [9.17, 15) is 9.59 Å². The number of pyridine rings is 1. The van der Waals surface area contributed by atoms with Gasteiger partial charge < -0.3 is 9.80 Å². The first-order chi connectivity index (χ1) is 14.1. The van der Waals surface area contributed by atoms with E-state index in [0.717, 1.165) is 30.0 Å². The molecule has 0 N–H and O–H groups in total. The number of imide groups is 1. The van der Waals surface area contributed by atoms with Gasteiger partial charge in [-0.25, -0.2) is 4.98 Å². The molecule has 29 heavy (non-hydrogen) atoms.